The number of fused-ring (bicyclic) bond motifs is 4. The minimum atomic E-state index is -0.0819. The molecule has 0 saturated heterocycles. The van der Waals surface area contributed by atoms with E-state index < -0.39 is 0 Å². The van der Waals surface area contributed by atoms with Gasteiger partial charge in [-0.1, -0.05) is 111 Å². The molecule has 0 fully saturated rings. The number of para-hydroxylation sites is 1. The van der Waals surface area contributed by atoms with E-state index in [4.69, 9.17) is 16.4 Å². The van der Waals surface area contributed by atoms with Crippen molar-refractivity contribution in [2.45, 2.75) is 39.5 Å². The van der Waals surface area contributed by atoms with E-state index >= 15 is 0 Å². The Kier molecular flexibility index (Phi) is 6.73. The van der Waals surface area contributed by atoms with Gasteiger partial charge in [0.2, 0.25) is 0 Å². The fourth-order valence-electron chi connectivity index (χ4n) is 7.39. The van der Waals surface area contributed by atoms with Crippen molar-refractivity contribution >= 4 is 38.6 Å². The SMILES string of the molecule is C#CC(C)CC1=C(C)c2cc3c(cc2C1(C)C)c1ccccc1n3C1=C=C(c2cc(-c3ccccc3)nc(-c3ccccc3)n2)C=C1. The first-order valence-electron chi connectivity index (χ1n) is 16.3. The summed E-state index contributed by atoms with van der Waals surface area (Å²) in [6, 6.07) is 36.0. The predicted octanol–water partition coefficient (Wildman–Crippen LogP) is 10.7. The van der Waals surface area contributed by atoms with Crippen LogP contribution in [0, 0.1) is 18.3 Å². The van der Waals surface area contributed by atoms with Gasteiger partial charge in [-0.3, -0.25) is 0 Å². The van der Waals surface area contributed by atoms with E-state index in [1.54, 1.807) is 0 Å². The standard InChI is InChI=1S/C44H35N3/c1-6-28(2)23-37-29(3)35-26-42-36(25-38(35)44(37,4)5)34-19-13-14-20-41(34)47(42)33-22-21-32(24-33)40-27-39(30-15-9-7-10-16-30)45-43(46-40)31-17-11-8-12-18-31/h1,7-22,25-28H,23H2,2-5H3. The molecule has 3 heteroatoms. The summed E-state index contributed by atoms with van der Waals surface area (Å²) in [6.07, 6.45) is 11.0. The summed E-state index contributed by atoms with van der Waals surface area (Å²) in [4.78, 5) is 10.0. The number of benzene rings is 4. The third-order valence-corrected chi connectivity index (χ3v) is 9.91. The van der Waals surface area contributed by atoms with E-state index in [0.29, 0.717) is 5.82 Å². The predicted molar refractivity (Wildman–Crippen MR) is 196 cm³/mol. The second-order valence-electron chi connectivity index (χ2n) is 13.2. The van der Waals surface area contributed by atoms with Crippen LogP contribution in [0.1, 0.15) is 50.9 Å². The zero-order valence-electron chi connectivity index (χ0n) is 27.2. The summed E-state index contributed by atoms with van der Waals surface area (Å²) in [5.74, 6) is 3.84. The van der Waals surface area contributed by atoms with Crippen LogP contribution in [0.4, 0.5) is 0 Å². The van der Waals surface area contributed by atoms with Crippen LogP contribution in [-0.4, -0.2) is 14.5 Å². The Bertz CT molecular complexity index is 2350. The quantitative estimate of drug-likeness (QED) is 0.140. The zero-order valence-corrected chi connectivity index (χ0v) is 27.2. The van der Waals surface area contributed by atoms with Crippen molar-refractivity contribution in [1.82, 2.24) is 14.5 Å². The molecule has 1 unspecified atom stereocenters. The number of allylic oxidation sites excluding steroid dienone is 5. The zero-order chi connectivity index (χ0) is 32.3. The highest BCUT2D eigenvalue weighted by Crippen LogP contribution is 2.50. The lowest BCUT2D eigenvalue weighted by molar-refractivity contribution is 0.576. The maximum absolute atomic E-state index is 5.83. The van der Waals surface area contributed by atoms with E-state index in [0.717, 1.165) is 45.7 Å². The minimum Gasteiger partial charge on any atom is -0.302 e. The Balaban J connectivity index is 1.33. The van der Waals surface area contributed by atoms with Gasteiger partial charge in [0.1, 0.15) is 0 Å². The number of rotatable bonds is 6. The number of nitrogens with zero attached hydrogens (tertiary/aromatic N) is 3. The molecule has 4 aromatic carbocycles. The molecule has 0 saturated carbocycles. The van der Waals surface area contributed by atoms with Gasteiger partial charge in [0.05, 0.1) is 28.1 Å². The van der Waals surface area contributed by atoms with Crippen LogP contribution in [0.25, 0.3) is 61.3 Å². The fourth-order valence-corrected chi connectivity index (χ4v) is 7.39. The van der Waals surface area contributed by atoms with Gasteiger partial charge in [0, 0.05) is 38.8 Å². The van der Waals surface area contributed by atoms with E-state index in [1.165, 1.54) is 38.6 Å². The lowest BCUT2D eigenvalue weighted by Crippen LogP contribution is -2.18. The van der Waals surface area contributed by atoms with Crippen LogP contribution < -0.4 is 0 Å². The Morgan fingerprint density at radius 1 is 0.787 bits per heavy atom. The molecular formula is C44H35N3. The lowest BCUT2D eigenvalue weighted by Gasteiger charge is -2.26. The molecule has 2 aliphatic carbocycles. The molecule has 1 atom stereocenters. The first-order chi connectivity index (χ1) is 22.8. The van der Waals surface area contributed by atoms with Crippen LogP contribution in [0.15, 0.2) is 127 Å². The highest BCUT2D eigenvalue weighted by molar-refractivity contribution is 6.12. The van der Waals surface area contributed by atoms with Crippen molar-refractivity contribution in [2.24, 2.45) is 5.92 Å². The van der Waals surface area contributed by atoms with Gasteiger partial charge in [-0.15, -0.1) is 12.3 Å². The van der Waals surface area contributed by atoms with Crippen molar-refractivity contribution in [3.63, 3.8) is 0 Å². The Morgan fingerprint density at radius 3 is 2.21 bits per heavy atom. The van der Waals surface area contributed by atoms with Crippen LogP contribution in [0.3, 0.4) is 0 Å². The molecule has 0 spiro atoms. The summed E-state index contributed by atoms with van der Waals surface area (Å²) >= 11 is 0. The average molecular weight is 606 g/mol. The molecule has 0 bridgehead atoms. The Morgan fingerprint density at radius 2 is 1.47 bits per heavy atom. The topological polar surface area (TPSA) is 30.7 Å². The largest absolute Gasteiger partial charge is 0.302 e. The number of terminal acetylenes is 1. The molecule has 8 rings (SSSR count). The third-order valence-electron chi connectivity index (χ3n) is 9.91. The molecule has 0 N–H and O–H groups in total. The number of hydrogen-bond acceptors (Lipinski definition) is 2. The molecule has 6 aromatic rings. The van der Waals surface area contributed by atoms with Crippen molar-refractivity contribution in [2.75, 3.05) is 0 Å². The van der Waals surface area contributed by atoms with Crippen LogP contribution in [0.2, 0.25) is 0 Å². The number of aromatic nitrogens is 3. The molecule has 0 radical (unpaired) electrons. The highest BCUT2D eigenvalue weighted by atomic mass is 15.0. The minimum absolute atomic E-state index is 0.0819. The first-order valence-corrected chi connectivity index (χ1v) is 16.3. The highest BCUT2D eigenvalue weighted by Gasteiger charge is 2.37. The third kappa shape index (κ3) is 4.69. The smallest absolute Gasteiger partial charge is 0.160 e. The van der Waals surface area contributed by atoms with Gasteiger partial charge in [-0.25, -0.2) is 9.97 Å². The maximum atomic E-state index is 5.83. The summed E-state index contributed by atoms with van der Waals surface area (Å²) in [5, 5.41) is 2.49. The summed E-state index contributed by atoms with van der Waals surface area (Å²) in [5.41, 5.74) is 17.2. The molecule has 2 heterocycles. The van der Waals surface area contributed by atoms with E-state index in [2.05, 4.69) is 123 Å². The van der Waals surface area contributed by atoms with Crippen LogP contribution >= 0.6 is 0 Å². The number of hydrogen-bond donors (Lipinski definition) is 0. The summed E-state index contributed by atoms with van der Waals surface area (Å²) < 4.78 is 2.36. The molecule has 0 amide bonds. The lowest BCUT2D eigenvalue weighted by atomic mass is 9.77. The van der Waals surface area contributed by atoms with Crippen molar-refractivity contribution in [3.05, 3.63) is 143 Å². The molecule has 226 valence electrons. The molecule has 3 nitrogen and oxygen atoms in total. The van der Waals surface area contributed by atoms with E-state index in [1.807, 2.05) is 36.4 Å². The molecular weight excluding hydrogens is 571 g/mol. The van der Waals surface area contributed by atoms with Gasteiger partial charge < -0.3 is 4.57 Å². The molecule has 0 aliphatic heterocycles. The van der Waals surface area contributed by atoms with Gasteiger partial charge >= 0.3 is 0 Å². The second kappa shape index (κ2) is 11.0. The maximum Gasteiger partial charge on any atom is 0.160 e. The van der Waals surface area contributed by atoms with Gasteiger partial charge in [-0.2, -0.15) is 0 Å². The second-order valence-corrected chi connectivity index (χ2v) is 13.2. The van der Waals surface area contributed by atoms with Gasteiger partial charge in [-0.05, 0) is 66.5 Å². The van der Waals surface area contributed by atoms with Gasteiger partial charge in [0.25, 0.3) is 0 Å². The normalized spacial score (nSPS) is 15.6. The van der Waals surface area contributed by atoms with Crippen molar-refractivity contribution in [1.29, 1.82) is 0 Å². The fraction of sp³-hybridized carbons (Fsp3) is 0.159. The monoisotopic (exact) mass is 605 g/mol. The summed E-state index contributed by atoms with van der Waals surface area (Å²) in [6.45, 7) is 9.10. The first kappa shape index (κ1) is 28.8. The molecule has 47 heavy (non-hydrogen) atoms. The average Bonchev–Trinajstić information content (AvgIpc) is 3.77. The van der Waals surface area contributed by atoms with Crippen molar-refractivity contribution in [3.8, 4) is 35.0 Å². The van der Waals surface area contributed by atoms with Gasteiger partial charge in [0.15, 0.2) is 5.82 Å². The van der Waals surface area contributed by atoms with Crippen LogP contribution in [0.5, 0.6) is 0 Å². The molecule has 2 aliphatic rings. The van der Waals surface area contributed by atoms with E-state index in [9.17, 15) is 0 Å². The Hall–Kier alpha value is -5.68. The Labute approximate surface area is 276 Å². The molecule has 2 aromatic heterocycles. The van der Waals surface area contributed by atoms with Crippen LogP contribution in [-0.2, 0) is 5.41 Å². The van der Waals surface area contributed by atoms with E-state index in [-0.39, 0.29) is 11.3 Å². The van der Waals surface area contributed by atoms with Crippen molar-refractivity contribution < 1.29 is 0 Å². The summed E-state index contributed by atoms with van der Waals surface area (Å²) in [7, 11) is 0.